The van der Waals surface area contributed by atoms with Crippen LogP contribution in [0.1, 0.15) is 18.9 Å². The van der Waals surface area contributed by atoms with Crippen molar-refractivity contribution in [1.29, 1.82) is 0 Å². The van der Waals surface area contributed by atoms with Gasteiger partial charge in [0, 0.05) is 12.0 Å². The molecule has 1 aliphatic carbocycles. The van der Waals surface area contributed by atoms with Crippen LogP contribution in [-0.4, -0.2) is 42.9 Å². The first-order chi connectivity index (χ1) is 16.1. The van der Waals surface area contributed by atoms with E-state index in [0.29, 0.717) is 12.1 Å². The number of methoxy groups -OCH3 is 2. The van der Waals surface area contributed by atoms with Crippen LogP contribution >= 0.6 is 0 Å². The van der Waals surface area contributed by atoms with Crippen molar-refractivity contribution < 1.29 is 41.9 Å². The lowest BCUT2D eigenvalue weighted by Gasteiger charge is -2.28. The lowest BCUT2D eigenvalue weighted by atomic mass is 9.97. The van der Waals surface area contributed by atoms with Crippen molar-refractivity contribution in [2.24, 2.45) is 4.99 Å². The fourth-order valence-electron chi connectivity index (χ4n) is 3.29. The van der Waals surface area contributed by atoms with E-state index in [9.17, 15) is 32.9 Å². The summed E-state index contributed by atoms with van der Waals surface area (Å²) in [4.78, 5) is 37.9. The molecule has 0 aromatic heterocycles. The Labute approximate surface area is 189 Å². The number of aliphatic imine (C=N–C) groups is 1. The highest BCUT2D eigenvalue weighted by Gasteiger charge is 2.37. The SMILES string of the molecule is COC(=O)C1=C([N+](=O)[O-])C=C(OC)C(OC2=C(C)NC(=C=O)N=C2c2cc(F)c(F)c(F)c2)C1. The Hall–Kier alpha value is -4.38. The van der Waals surface area contributed by atoms with Crippen molar-refractivity contribution in [2.45, 2.75) is 19.4 Å². The summed E-state index contributed by atoms with van der Waals surface area (Å²) in [5.74, 6) is -4.73. The highest BCUT2D eigenvalue weighted by Crippen LogP contribution is 2.32. The topological polar surface area (TPSA) is 129 Å². The molecule has 0 saturated carbocycles. The van der Waals surface area contributed by atoms with E-state index in [0.717, 1.165) is 13.2 Å². The van der Waals surface area contributed by atoms with E-state index in [1.807, 2.05) is 0 Å². The molecule has 0 radical (unpaired) electrons. The largest absolute Gasteiger partial charge is 0.497 e. The van der Waals surface area contributed by atoms with E-state index < -0.39 is 40.1 Å². The van der Waals surface area contributed by atoms with Crippen molar-refractivity contribution in [3.8, 4) is 0 Å². The third-order valence-electron chi connectivity index (χ3n) is 4.86. The number of hydrogen-bond acceptors (Lipinski definition) is 9. The Morgan fingerprint density at radius 3 is 2.44 bits per heavy atom. The highest BCUT2D eigenvalue weighted by atomic mass is 19.2. The number of nitro groups is 1. The summed E-state index contributed by atoms with van der Waals surface area (Å²) in [5, 5.41) is 14.0. The van der Waals surface area contributed by atoms with Crippen LogP contribution in [0.15, 0.2) is 57.5 Å². The van der Waals surface area contributed by atoms with Crippen LogP contribution in [0.2, 0.25) is 0 Å². The van der Waals surface area contributed by atoms with Crippen LogP contribution in [0.5, 0.6) is 0 Å². The van der Waals surface area contributed by atoms with Crippen molar-refractivity contribution in [3.05, 3.63) is 85.6 Å². The van der Waals surface area contributed by atoms with E-state index in [1.165, 1.54) is 20.0 Å². The van der Waals surface area contributed by atoms with Gasteiger partial charge in [-0.05, 0) is 19.1 Å². The molecule has 0 spiro atoms. The summed E-state index contributed by atoms with van der Waals surface area (Å²) < 4.78 is 57.0. The number of esters is 1. The average molecular weight is 479 g/mol. The van der Waals surface area contributed by atoms with Crippen molar-refractivity contribution >= 4 is 17.6 Å². The zero-order chi connectivity index (χ0) is 25.2. The number of carbonyl (C=O) groups is 1. The maximum absolute atomic E-state index is 13.9. The van der Waals surface area contributed by atoms with Gasteiger partial charge in [-0.2, -0.15) is 0 Å². The number of nitrogens with one attached hydrogen (secondary N) is 1. The van der Waals surface area contributed by atoms with Gasteiger partial charge in [-0.1, -0.05) is 0 Å². The number of benzene rings is 1. The molecule has 2 aliphatic rings. The molecule has 1 heterocycles. The monoisotopic (exact) mass is 479 g/mol. The molecule has 178 valence electrons. The molecule has 0 fully saturated rings. The smallest absolute Gasteiger partial charge is 0.340 e. The maximum atomic E-state index is 13.9. The molecule has 34 heavy (non-hydrogen) atoms. The number of carbonyl (C=O) groups excluding carboxylic acids is 2. The fourth-order valence-corrected chi connectivity index (χ4v) is 3.29. The highest BCUT2D eigenvalue weighted by molar-refractivity contribution is 6.13. The Balaban J connectivity index is 2.08. The van der Waals surface area contributed by atoms with E-state index >= 15 is 0 Å². The van der Waals surface area contributed by atoms with Gasteiger partial charge in [-0.25, -0.2) is 27.8 Å². The van der Waals surface area contributed by atoms with Crippen LogP contribution < -0.4 is 5.32 Å². The molecule has 10 nitrogen and oxygen atoms in total. The summed E-state index contributed by atoms with van der Waals surface area (Å²) in [6, 6.07) is 1.31. The Morgan fingerprint density at radius 1 is 1.26 bits per heavy atom. The maximum Gasteiger partial charge on any atom is 0.340 e. The molecule has 1 N–H and O–H groups in total. The predicted octanol–water partition coefficient (Wildman–Crippen LogP) is 2.42. The van der Waals surface area contributed by atoms with E-state index in [4.69, 9.17) is 9.47 Å². The summed E-state index contributed by atoms with van der Waals surface area (Å²) >= 11 is 0. The van der Waals surface area contributed by atoms with Gasteiger partial charge in [0.05, 0.1) is 30.9 Å². The van der Waals surface area contributed by atoms with Crippen molar-refractivity contribution in [3.63, 3.8) is 0 Å². The van der Waals surface area contributed by atoms with Gasteiger partial charge in [-0.15, -0.1) is 0 Å². The minimum absolute atomic E-state index is 0.0489. The first kappa shape index (κ1) is 24.3. The van der Waals surface area contributed by atoms with Crippen LogP contribution in [0, 0.1) is 27.6 Å². The summed E-state index contributed by atoms with van der Waals surface area (Å²) in [5.41, 5.74) is -1.25. The van der Waals surface area contributed by atoms with Gasteiger partial charge in [0.15, 0.2) is 35.3 Å². The van der Waals surface area contributed by atoms with Crippen LogP contribution in [0.3, 0.4) is 0 Å². The predicted molar refractivity (Wildman–Crippen MR) is 109 cm³/mol. The summed E-state index contributed by atoms with van der Waals surface area (Å²) in [7, 11) is 2.27. The molecule has 1 aromatic rings. The summed E-state index contributed by atoms with van der Waals surface area (Å²) in [6.07, 6.45) is -0.524. The van der Waals surface area contributed by atoms with Gasteiger partial charge in [0.2, 0.25) is 5.82 Å². The first-order valence-electron chi connectivity index (χ1n) is 9.46. The molecule has 0 amide bonds. The molecule has 1 aromatic carbocycles. The third kappa shape index (κ3) is 4.55. The lowest BCUT2D eigenvalue weighted by molar-refractivity contribution is -0.420. The van der Waals surface area contributed by atoms with E-state index in [-0.39, 0.29) is 46.3 Å². The number of nitrogens with zero attached hydrogens (tertiary/aromatic N) is 2. The normalized spacial score (nSPS) is 17.9. The molecule has 0 bridgehead atoms. The molecule has 3 rings (SSSR count). The third-order valence-corrected chi connectivity index (χ3v) is 4.86. The minimum Gasteiger partial charge on any atom is -0.497 e. The molecule has 1 aliphatic heterocycles. The number of halogens is 3. The Kier molecular flexibility index (Phi) is 6.87. The minimum atomic E-state index is -1.70. The number of hydrogen-bond donors (Lipinski definition) is 1. The van der Waals surface area contributed by atoms with Gasteiger partial charge < -0.3 is 19.5 Å². The van der Waals surface area contributed by atoms with Crippen LogP contribution in [-0.2, 0) is 23.8 Å². The Bertz CT molecular complexity index is 1240. The number of rotatable bonds is 6. The van der Waals surface area contributed by atoms with Crippen molar-refractivity contribution in [2.75, 3.05) is 14.2 Å². The quantitative estimate of drug-likeness (QED) is 0.217. The number of allylic oxidation sites excluding steroid dienone is 3. The second kappa shape index (κ2) is 9.63. The van der Waals surface area contributed by atoms with Crippen molar-refractivity contribution in [1.82, 2.24) is 5.32 Å². The van der Waals surface area contributed by atoms with Crippen LogP contribution in [0.4, 0.5) is 13.2 Å². The second-order valence-electron chi connectivity index (χ2n) is 6.92. The fraction of sp³-hybridized carbons (Fsp3) is 0.238. The first-order valence-corrected chi connectivity index (χ1v) is 9.46. The molecule has 13 heteroatoms. The van der Waals surface area contributed by atoms with Gasteiger partial charge in [-0.3, -0.25) is 10.1 Å². The summed E-state index contributed by atoms with van der Waals surface area (Å²) in [6.45, 7) is 1.44. The Morgan fingerprint density at radius 2 is 1.91 bits per heavy atom. The van der Waals surface area contributed by atoms with E-state index in [1.54, 1.807) is 0 Å². The van der Waals surface area contributed by atoms with E-state index in [2.05, 4.69) is 15.0 Å². The zero-order valence-corrected chi connectivity index (χ0v) is 17.9. The molecule has 0 saturated heterocycles. The van der Waals surface area contributed by atoms with Gasteiger partial charge >= 0.3 is 5.97 Å². The zero-order valence-electron chi connectivity index (χ0n) is 17.9. The average Bonchev–Trinajstić information content (AvgIpc) is 2.82. The second-order valence-corrected chi connectivity index (χ2v) is 6.92. The molecule has 1 atom stereocenters. The molecular formula is C21H16F3N3O7. The van der Waals surface area contributed by atoms with Crippen LogP contribution in [0.25, 0.3) is 0 Å². The number of ether oxygens (including phenoxy) is 3. The standard InChI is InChI=1S/C21H16F3N3O7/c1-9-20(19(26-17(8-28)25-9)10-4-12(22)18(24)13(23)5-10)34-16-6-11(21(29)33-3)14(27(30)31)7-15(16)32-2/h4-5,7,16,25H,6H2,1-3H3. The lowest BCUT2D eigenvalue weighted by Crippen LogP contribution is -2.31. The van der Waals surface area contributed by atoms with Gasteiger partial charge in [0.25, 0.3) is 5.70 Å². The molecule has 1 unspecified atom stereocenters. The molecular weight excluding hydrogens is 463 g/mol. The van der Waals surface area contributed by atoms with Gasteiger partial charge in [0.1, 0.15) is 17.0 Å².